The number of carbonyl (C=O) groups is 3. The summed E-state index contributed by atoms with van der Waals surface area (Å²) in [5.74, 6) is -2.11. The number of esters is 1. The minimum absolute atomic E-state index is 0.0384. The number of Topliss-reactive ketones (excluding diaryl/α,β-unsaturated/α-hetero) is 2. The first-order chi connectivity index (χ1) is 15.8. The lowest BCUT2D eigenvalue weighted by molar-refractivity contribution is -0.144. The smallest absolute Gasteiger partial charge is 0.303 e. The molecule has 0 saturated carbocycles. The predicted octanol–water partition coefficient (Wildman–Crippen LogP) is 5.08. The molecule has 1 radical (unpaired) electrons. The monoisotopic (exact) mass is 443 g/mol. The number of rotatable bonds is 6. The van der Waals surface area contributed by atoms with E-state index < -0.39 is 29.5 Å². The molecule has 0 fully saturated rings. The molecule has 1 aliphatic heterocycles. The summed E-state index contributed by atoms with van der Waals surface area (Å²) in [6.45, 7) is 5.06. The van der Waals surface area contributed by atoms with E-state index in [0.29, 0.717) is 16.9 Å². The van der Waals surface area contributed by atoms with Crippen LogP contribution in [-0.2, 0) is 9.53 Å². The fourth-order valence-electron chi connectivity index (χ4n) is 3.52. The first-order valence-corrected chi connectivity index (χ1v) is 10.2. The largest absolute Gasteiger partial charge is 0.458 e. The fourth-order valence-corrected chi connectivity index (χ4v) is 3.52. The molecule has 0 aromatic heterocycles. The van der Waals surface area contributed by atoms with E-state index in [0.717, 1.165) is 6.07 Å². The van der Waals surface area contributed by atoms with E-state index in [2.05, 4.69) is 17.6 Å². The number of fused-ring (bicyclic) bond motifs is 1. The Labute approximate surface area is 190 Å². The summed E-state index contributed by atoms with van der Waals surface area (Å²) in [7, 11) is 0. The number of ether oxygens (including phenoxy) is 1. The summed E-state index contributed by atoms with van der Waals surface area (Å²) >= 11 is 0. The molecule has 4 rings (SSSR count). The van der Waals surface area contributed by atoms with Crippen LogP contribution in [0.5, 0.6) is 0 Å². The van der Waals surface area contributed by atoms with E-state index in [-0.39, 0.29) is 22.5 Å². The maximum Gasteiger partial charge on any atom is 0.303 e. The van der Waals surface area contributed by atoms with E-state index in [4.69, 9.17) is 4.74 Å². The number of halogens is 1. The number of nitrogens with one attached hydrogen (secondary N) is 2. The minimum atomic E-state index is -0.822. The van der Waals surface area contributed by atoms with Crippen molar-refractivity contribution in [3.05, 3.63) is 114 Å². The van der Waals surface area contributed by atoms with Gasteiger partial charge in [0.05, 0.1) is 11.4 Å². The zero-order chi connectivity index (χ0) is 23.5. The van der Waals surface area contributed by atoms with Crippen molar-refractivity contribution in [2.75, 3.05) is 10.6 Å². The number of allylic oxidation sites excluding steroid dienone is 1. The van der Waals surface area contributed by atoms with Gasteiger partial charge >= 0.3 is 5.97 Å². The Balaban J connectivity index is 1.78. The molecule has 0 amide bonds. The van der Waals surface area contributed by atoms with E-state index >= 15 is 0 Å². The average molecular weight is 443 g/mol. The van der Waals surface area contributed by atoms with Crippen molar-refractivity contribution < 1.29 is 23.5 Å². The number of para-hydroxylation sites is 2. The molecule has 0 bridgehead atoms. The Morgan fingerprint density at radius 3 is 2.00 bits per heavy atom. The number of hydrogen-bond donors (Lipinski definition) is 2. The SMILES string of the molecule is [CH2]C(OC(C)=O)c1cccc(C(=O)C(C(=O)c2cccc(F)c2)=C2Nc3ccccc3N2)c1. The Bertz CT molecular complexity index is 1270. The molecule has 6 nitrogen and oxygen atoms in total. The first-order valence-electron chi connectivity index (χ1n) is 10.2. The zero-order valence-corrected chi connectivity index (χ0v) is 17.7. The minimum Gasteiger partial charge on any atom is -0.458 e. The summed E-state index contributed by atoms with van der Waals surface area (Å²) in [6.07, 6.45) is -0.822. The van der Waals surface area contributed by atoms with Crippen molar-refractivity contribution in [2.45, 2.75) is 13.0 Å². The summed E-state index contributed by atoms with van der Waals surface area (Å²) in [6, 6.07) is 18.8. The first kappa shape index (κ1) is 22.0. The fraction of sp³-hybridized carbons (Fsp3) is 0.0769. The highest BCUT2D eigenvalue weighted by molar-refractivity contribution is 6.32. The van der Waals surface area contributed by atoms with E-state index in [1.165, 1.54) is 31.2 Å². The summed E-state index contributed by atoms with van der Waals surface area (Å²) in [5, 5.41) is 6.13. The molecule has 3 aromatic rings. The Hall–Kier alpha value is -4.26. The topological polar surface area (TPSA) is 84.5 Å². The van der Waals surface area contributed by atoms with Gasteiger partial charge in [-0.25, -0.2) is 4.39 Å². The number of hydrogen-bond acceptors (Lipinski definition) is 6. The van der Waals surface area contributed by atoms with Gasteiger partial charge in [-0.1, -0.05) is 42.5 Å². The van der Waals surface area contributed by atoms with Crippen LogP contribution in [0.25, 0.3) is 0 Å². The lowest BCUT2D eigenvalue weighted by Gasteiger charge is -2.14. The average Bonchev–Trinajstić information content (AvgIpc) is 3.22. The normalized spacial score (nSPS) is 12.8. The lowest BCUT2D eigenvalue weighted by atomic mass is 9.94. The van der Waals surface area contributed by atoms with Gasteiger partial charge < -0.3 is 15.4 Å². The molecule has 33 heavy (non-hydrogen) atoms. The van der Waals surface area contributed by atoms with Gasteiger partial charge in [0.2, 0.25) is 11.6 Å². The second-order valence-electron chi connectivity index (χ2n) is 7.44. The molecular weight excluding hydrogens is 423 g/mol. The van der Waals surface area contributed by atoms with Gasteiger partial charge in [-0.15, -0.1) is 0 Å². The van der Waals surface area contributed by atoms with Gasteiger partial charge in [-0.05, 0) is 42.8 Å². The molecule has 3 aromatic carbocycles. The number of carbonyl (C=O) groups excluding carboxylic acids is 3. The summed E-state index contributed by atoms with van der Waals surface area (Å²) in [5.41, 5.74) is 1.95. The quantitative estimate of drug-likeness (QED) is 0.182. The molecule has 1 heterocycles. The number of ketones is 2. The molecule has 2 N–H and O–H groups in total. The third-order valence-corrected chi connectivity index (χ3v) is 5.07. The molecule has 1 unspecified atom stereocenters. The van der Waals surface area contributed by atoms with Crippen molar-refractivity contribution in [1.82, 2.24) is 0 Å². The lowest BCUT2D eigenvalue weighted by Crippen LogP contribution is -2.21. The molecule has 0 saturated heterocycles. The third-order valence-electron chi connectivity index (χ3n) is 5.07. The Kier molecular flexibility index (Phi) is 6.04. The van der Waals surface area contributed by atoms with Crippen LogP contribution in [0.15, 0.2) is 84.2 Å². The van der Waals surface area contributed by atoms with Crippen LogP contribution < -0.4 is 10.6 Å². The van der Waals surface area contributed by atoms with Crippen LogP contribution in [-0.4, -0.2) is 17.5 Å². The number of anilines is 2. The molecular formula is C26H20FN2O4. The molecule has 1 aliphatic rings. The van der Waals surface area contributed by atoms with E-state index in [1.807, 2.05) is 12.1 Å². The molecule has 7 heteroatoms. The van der Waals surface area contributed by atoms with Crippen LogP contribution in [0.2, 0.25) is 0 Å². The highest BCUT2D eigenvalue weighted by Gasteiger charge is 2.29. The van der Waals surface area contributed by atoms with Crippen LogP contribution in [0.4, 0.5) is 15.8 Å². The maximum absolute atomic E-state index is 13.8. The predicted molar refractivity (Wildman–Crippen MR) is 122 cm³/mol. The zero-order valence-electron chi connectivity index (χ0n) is 17.7. The van der Waals surface area contributed by atoms with Crippen molar-refractivity contribution in [2.24, 2.45) is 0 Å². The third kappa shape index (κ3) is 4.67. The van der Waals surface area contributed by atoms with Gasteiger partial charge in [0, 0.05) is 18.1 Å². The van der Waals surface area contributed by atoms with Gasteiger partial charge in [-0.3, -0.25) is 14.4 Å². The van der Waals surface area contributed by atoms with Crippen LogP contribution >= 0.6 is 0 Å². The standard InChI is InChI=1S/C26H20FN2O4/c1-15(33-16(2)30)17-7-5-8-18(13-17)24(31)23(25(32)19-9-6-10-20(27)14-19)26-28-21-11-3-4-12-22(21)29-26/h3-15,28-29H,1H2,2H3. The second-order valence-corrected chi connectivity index (χ2v) is 7.44. The summed E-state index contributed by atoms with van der Waals surface area (Å²) < 4.78 is 18.9. The van der Waals surface area contributed by atoms with Crippen molar-refractivity contribution in [1.29, 1.82) is 0 Å². The molecule has 0 aliphatic carbocycles. The van der Waals surface area contributed by atoms with Crippen LogP contribution in [0.3, 0.4) is 0 Å². The Morgan fingerprint density at radius 1 is 0.848 bits per heavy atom. The maximum atomic E-state index is 13.8. The highest BCUT2D eigenvalue weighted by atomic mass is 19.1. The highest BCUT2D eigenvalue weighted by Crippen LogP contribution is 2.33. The van der Waals surface area contributed by atoms with Crippen molar-refractivity contribution in [3.63, 3.8) is 0 Å². The van der Waals surface area contributed by atoms with E-state index in [1.54, 1.807) is 30.3 Å². The van der Waals surface area contributed by atoms with Crippen molar-refractivity contribution >= 4 is 28.9 Å². The van der Waals surface area contributed by atoms with Gasteiger partial charge in [0.15, 0.2) is 0 Å². The van der Waals surface area contributed by atoms with E-state index in [9.17, 15) is 18.8 Å². The second kappa shape index (κ2) is 9.08. The molecule has 165 valence electrons. The molecule has 0 spiro atoms. The van der Waals surface area contributed by atoms with Gasteiger partial charge in [0.1, 0.15) is 23.3 Å². The van der Waals surface area contributed by atoms with Crippen LogP contribution in [0, 0.1) is 12.7 Å². The van der Waals surface area contributed by atoms with Gasteiger partial charge in [-0.2, -0.15) is 0 Å². The number of benzene rings is 3. The Morgan fingerprint density at radius 2 is 1.42 bits per heavy atom. The van der Waals surface area contributed by atoms with Gasteiger partial charge in [0.25, 0.3) is 0 Å². The summed E-state index contributed by atoms with van der Waals surface area (Å²) in [4.78, 5) is 38.3. The van der Waals surface area contributed by atoms with Crippen LogP contribution in [0.1, 0.15) is 39.3 Å². The van der Waals surface area contributed by atoms with Crippen molar-refractivity contribution in [3.8, 4) is 0 Å². The molecule has 1 atom stereocenters.